The highest BCUT2D eigenvalue weighted by Gasteiger charge is 2.13. The van der Waals surface area contributed by atoms with Crippen molar-refractivity contribution in [3.63, 3.8) is 0 Å². The normalized spacial score (nSPS) is 9.69. The molecule has 0 amide bonds. The van der Waals surface area contributed by atoms with E-state index in [1.807, 2.05) is 0 Å². The van der Waals surface area contributed by atoms with Crippen LogP contribution in [0.4, 0.5) is 10.1 Å². The number of anilines is 1. The topological polar surface area (TPSA) is 65.2 Å². The number of nitrogens with zero attached hydrogens (tertiary/aromatic N) is 1. The van der Waals surface area contributed by atoms with Crippen LogP contribution >= 0.6 is 0 Å². The molecule has 0 aliphatic carbocycles. The molecule has 0 unspecified atom stereocenters. The van der Waals surface area contributed by atoms with Crippen LogP contribution < -0.4 is 5.73 Å². The number of halogens is 1. The van der Waals surface area contributed by atoms with Crippen molar-refractivity contribution in [2.75, 3.05) is 12.3 Å². The summed E-state index contributed by atoms with van der Waals surface area (Å²) in [6.07, 6.45) is 1.14. The molecule has 0 saturated heterocycles. The van der Waals surface area contributed by atoms with Gasteiger partial charge >= 0.3 is 5.97 Å². The van der Waals surface area contributed by atoms with Crippen LogP contribution in [-0.4, -0.2) is 17.6 Å². The number of ether oxygens (including phenoxy) is 1. The molecule has 1 rings (SSSR count). The van der Waals surface area contributed by atoms with Crippen LogP contribution in [0.15, 0.2) is 12.3 Å². The number of hydrogen-bond donors (Lipinski definition) is 1. The Morgan fingerprint density at radius 3 is 3.08 bits per heavy atom. The van der Waals surface area contributed by atoms with Crippen LogP contribution in [0.2, 0.25) is 0 Å². The Morgan fingerprint density at radius 1 is 1.77 bits per heavy atom. The summed E-state index contributed by atoms with van der Waals surface area (Å²) in [5.74, 6) is -1.62. The van der Waals surface area contributed by atoms with E-state index >= 15 is 0 Å². The van der Waals surface area contributed by atoms with E-state index in [-0.39, 0.29) is 17.9 Å². The zero-order valence-corrected chi connectivity index (χ0v) is 7.08. The number of carbonyl (C=O) groups is 1. The van der Waals surface area contributed by atoms with E-state index in [0.29, 0.717) is 0 Å². The van der Waals surface area contributed by atoms with Crippen molar-refractivity contribution >= 4 is 11.7 Å². The average Bonchev–Trinajstić information content (AvgIpc) is 2.09. The van der Waals surface area contributed by atoms with Crippen LogP contribution in [0.25, 0.3) is 0 Å². The first-order valence-electron chi connectivity index (χ1n) is 3.73. The van der Waals surface area contributed by atoms with Crippen LogP contribution in [0.1, 0.15) is 17.3 Å². The number of nitrogens with two attached hydrogens (primary N) is 1. The fourth-order valence-corrected chi connectivity index (χ4v) is 0.816. The number of pyridine rings is 1. The second kappa shape index (κ2) is 3.84. The van der Waals surface area contributed by atoms with Gasteiger partial charge in [-0.15, -0.1) is 0 Å². The van der Waals surface area contributed by atoms with Gasteiger partial charge in [-0.1, -0.05) is 0 Å². The minimum absolute atomic E-state index is 0.188. The molecular weight excluding hydrogens is 175 g/mol. The fraction of sp³-hybridized carbons (Fsp3) is 0.250. The largest absolute Gasteiger partial charge is 0.462 e. The molecular formula is C8H9FN2O2. The van der Waals surface area contributed by atoms with Gasteiger partial charge in [0.25, 0.3) is 0 Å². The zero-order valence-electron chi connectivity index (χ0n) is 7.08. The van der Waals surface area contributed by atoms with Crippen molar-refractivity contribution in [2.45, 2.75) is 6.92 Å². The summed E-state index contributed by atoms with van der Waals surface area (Å²) in [6.45, 7) is 1.82. The van der Waals surface area contributed by atoms with Gasteiger partial charge in [0.1, 0.15) is 5.56 Å². The average molecular weight is 184 g/mol. The van der Waals surface area contributed by atoms with Crippen molar-refractivity contribution in [3.8, 4) is 0 Å². The zero-order chi connectivity index (χ0) is 9.84. The van der Waals surface area contributed by atoms with Gasteiger partial charge in [-0.3, -0.25) is 0 Å². The maximum atomic E-state index is 12.9. The third-order valence-corrected chi connectivity index (χ3v) is 1.36. The quantitative estimate of drug-likeness (QED) is 0.549. The maximum absolute atomic E-state index is 12.9. The number of rotatable bonds is 2. The van der Waals surface area contributed by atoms with Crippen LogP contribution in [0.5, 0.6) is 0 Å². The Balaban J connectivity index is 2.99. The fourth-order valence-electron chi connectivity index (χ4n) is 0.816. The molecule has 1 aromatic heterocycles. The second-order valence-electron chi connectivity index (χ2n) is 2.33. The first kappa shape index (κ1) is 9.44. The lowest BCUT2D eigenvalue weighted by molar-refractivity contribution is 0.0520. The number of carbonyl (C=O) groups excluding carboxylic acids is 1. The Bertz CT molecular complexity index is 328. The summed E-state index contributed by atoms with van der Waals surface area (Å²) >= 11 is 0. The van der Waals surface area contributed by atoms with E-state index in [1.165, 1.54) is 6.07 Å². The summed E-state index contributed by atoms with van der Waals surface area (Å²) in [6, 6.07) is 1.19. The predicted molar refractivity (Wildman–Crippen MR) is 44.6 cm³/mol. The number of esters is 1. The standard InChI is InChI=1S/C8H9FN2O2/c1-2-13-8(12)6-3-5(10)4-11-7(6)9/h3-4H,2,10H2,1H3. The molecule has 13 heavy (non-hydrogen) atoms. The van der Waals surface area contributed by atoms with Gasteiger partial charge in [-0.05, 0) is 13.0 Å². The Hall–Kier alpha value is -1.65. The second-order valence-corrected chi connectivity index (χ2v) is 2.33. The number of hydrogen-bond acceptors (Lipinski definition) is 4. The van der Waals surface area contributed by atoms with Gasteiger partial charge in [0, 0.05) is 0 Å². The number of nitrogen functional groups attached to an aromatic ring is 1. The minimum Gasteiger partial charge on any atom is -0.462 e. The monoisotopic (exact) mass is 184 g/mol. The van der Waals surface area contributed by atoms with Crippen LogP contribution in [-0.2, 0) is 4.74 Å². The first-order valence-corrected chi connectivity index (χ1v) is 3.73. The summed E-state index contributed by atoms with van der Waals surface area (Å²) in [4.78, 5) is 14.3. The Kier molecular flexibility index (Phi) is 2.79. The molecule has 1 heterocycles. The van der Waals surface area contributed by atoms with Crippen LogP contribution in [0, 0.1) is 5.95 Å². The van der Waals surface area contributed by atoms with Gasteiger partial charge in [-0.2, -0.15) is 4.39 Å². The molecule has 1 aromatic rings. The molecule has 0 saturated carbocycles. The third kappa shape index (κ3) is 2.14. The lowest BCUT2D eigenvalue weighted by Crippen LogP contribution is -2.09. The molecule has 0 aliphatic heterocycles. The van der Waals surface area contributed by atoms with Gasteiger partial charge in [0.15, 0.2) is 0 Å². The molecule has 0 bridgehead atoms. The molecule has 0 atom stereocenters. The molecule has 0 aromatic carbocycles. The summed E-state index contributed by atoms with van der Waals surface area (Å²) in [7, 11) is 0. The lowest BCUT2D eigenvalue weighted by atomic mass is 10.2. The molecule has 70 valence electrons. The minimum atomic E-state index is -0.868. The highest BCUT2D eigenvalue weighted by Crippen LogP contribution is 2.09. The van der Waals surface area contributed by atoms with Crippen molar-refractivity contribution in [3.05, 3.63) is 23.8 Å². The van der Waals surface area contributed by atoms with Crippen molar-refractivity contribution in [2.24, 2.45) is 0 Å². The van der Waals surface area contributed by atoms with E-state index in [4.69, 9.17) is 5.73 Å². The first-order chi connectivity index (χ1) is 6.15. The van der Waals surface area contributed by atoms with Crippen molar-refractivity contribution in [1.82, 2.24) is 4.98 Å². The van der Waals surface area contributed by atoms with E-state index in [2.05, 4.69) is 9.72 Å². The Morgan fingerprint density at radius 2 is 2.46 bits per heavy atom. The Labute approximate surface area is 74.5 Å². The molecule has 5 heteroatoms. The van der Waals surface area contributed by atoms with Gasteiger partial charge in [0.2, 0.25) is 5.95 Å². The molecule has 0 aliphatic rings. The highest BCUT2D eigenvalue weighted by atomic mass is 19.1. The van der Waals surface area contributed by atoms with E-state index in [9.17, 15) is 9.18 Å². The van der Waals surface area contributed by atoms with E-state index in [1.54, 1.807) is 6.92 Å². The summed E-state index contributed by atoms with van der Waals surface area (Å²) in [5, 5.41) is 0. The smallest absolute Gasteiger partial charge is 0.342 e. The molecule has 2 N–H and O–H groups in total. The van der Waals surface area contributed by atoms with Gasteiger partial charge in [0.05, 0.1) is 18.5 Å². The third-order valence-electron chi connectivity index (χ3n) is 1.36. The van der Waals surface area contributed by atoms with Gasteiger partial charge < -0.3 is 10.5 Å². The molecule has 4 nitrogen and oxygen atoms in total. The summed E-state index contributed by atoms with van der Waals surface area (Å²) < 4.78 is 17.5. The molecule has 0 spiro atoms. The van der Waals surface area contributed by atoms with Crippen molar-refractivity contribution in [1.29, 1.82) is 0 Å². The lowest BCUT2D eigenvalue weighted by Gasteiger charge is -2.02. The van der Waals surface area contributed by atoms with Crippen LogP contribution in [0.3, 0.4) is 0 Å². The molecule has 0 fully saturated rings. The molecule has 0 radical (unpaired) electrons. The SMILES string of the molecule is CCOC(=O)c1cc(N)cnc1F. The maximum Gasteiger partial charge on any atom is 0.342 e. The van der Waals surface area contributed by atoms with E-state index < -0.39 is 11.9 Å². The van der Waals surface area contributed by atoms with Gasteiger partial charge in [-0.25, -0.2) is 9.78 Å². The predicted octanol–water partition coefficient (Wildman–Crippen LogP) is 0.980. The highest BCUT2D eigenvalue weighted by molar-refractivity contribution is 5.90. The number of aromatic nitrogens is 1. The van der Waals surface area contributed by atoms with E-state index in [0.717, 1.165) is 6.20 Å². The van der Waals surface area contributed by atoms with Crippen molar-refractivity contribution < 1.29 is 13.9 Å². The summed E-state index contributed by atoms with van der Waals surface area (Å²) in [5.41, 5.74) is 5.32.